The fourth-order valence-corrected chi connectivity index (χ4v) is 4.30. The van der Waals surface area contributed by atoms with Crippen LogP contribution in [0.1, 0.15) is 37.0 Å². The lowest BCUT2D eigenvalue weighted by molar-refractivity contribution is -0.310. The fraction of sp³-hybridized carbons (Fsp3) is 0.444. The summed E-state index contributed by atoms with van der Waals surface area (Å²) in [6.07, 6.45) is -6.52. The number of hydrogen-bond donors (Lipinski definition) is 6. The van der Waals surface area contributed by atoms with Crippen LogP contribution in [0.15, 0.2) is 54.6 Å². The van der Waals surface area contributed by atoms with Crippen molar-refractivity contribution in [1.82, 2.24) is 10.6 Å². The summed E-state index contributed by atoms with van der Waals surface area (Å²) in [6.45, 7) is 2.51. The molecule has 0 bridgehead atoms. The highest BCUT2D eigenvalue weighted by Gasteiger charge is 2.55. The molecule has 0 radical (unpaired) electrons. The van der Waals surface area contributed by atoms with Gasteiger partial charge in [0.15, 0.2) is 0 Å². The van der Waals surface area contributed by atoms with Crippen LogP contribution in [0.4, 0.5) is 0 Å². The molecule has 0 aromatic heterocycles. The van der Waals surface area contributed by atoms with Gasteiger partial charge in [-0.2, -0.15) is 0 Å². The smallest absolute Gasteiger partial charge is 0.364 e. The fourth-order valence-electron chi connectivity index (χ4n) is 4.30. The SMILES string of the molecule is CCCO[C@]1(C(=O)O)C[C@H](O)[C@@H](NC(C)=O)[C@H]([C@H](O)[C@H](O)CNC(=O)c2ccc(-c3ccccc3)cc2)O1. The lowest BCUT2D eigenvalue weighted by Crippen LogP contribution is -2.68. The van der Waals surface area contributed by atoms with Gasteiger partial charge in [-0.15, -0.1) is 0 Å². The van der Waals surface area contributed by atoms with Gasteiger partial charge < -0.3 is 40.5 Å². The van der Waals surface area contributed by atoms with E-state index in [2.05, 4.69) is 10.6 Å². The second-order valence-corrected chi connectivity index (χ2v) is 9.20. The minimum Gasteiger partial charge on any atom is -0.477 e. The molecule has 0 saturated carbocycles. The number of aliphatic hydroxyl groups is 3. The average Bonchev–Trinajstić information content (AvgIpc) is 2.91. The summed E-state index contributed by atoms with van der Waals surface area (Å²) in [5, 5.41) is 47.0. The number of carbonyl (C=O) groups is 3. The Balaban J connectivity index is 1.70. The third-order valence-corrected chi connectivity index (χ3v) is 6.26. The summed E-state index contributed by atoms with van der Waals surface area (Å²) >= 11 is 0. The third kappa shape index (κ3) is 6.94. The van der Waals surface area contributed by atoms with E-state index in [-0.39, 0.29) is 6.61 Å². The number of carboxylic acids is 1. The van der Waals surface area contributed by atoms with Crippen molar-refractivity contribution in [2.24, 2.45) is 0 Å². The Morgan fingerprint density at radius 3 is 2.29 bits per heavy atom. The van der Waals surface area contributed by atoms with Crippen molar-refractivity contribution >= 4 is 17.8 Å². The monoisotopic (exact) mass is 530 g/mol. The van der Waals surface area contributed by atoms with Crippen LogP contribution in [-0.2, 0) is 19.1 Å². The second-order valence-electron chi connectivity index (χ2n) is 9.20. The van der Waals surface area contributed by atoms with Gasteiger partial charge in [-0.25, -0.2) is 4.79 Å². The van der Waals surface area contributed by atoms with Crippen LogP contribution in [0.2, 0.25) is 0 Å². The molecular formula is C27H34N2O9. The molecule has 1 aliphatic rings. The molecule has 0 aliphatic carbocycles. The van der Waals surface area contributed by atoms with Crippen LogP contribution in [0, 0.1) is 0 Å². The number of nitrogens with one attached hydrogen (secondary N) is 2. The maximum absolute atomic E-state index is 12.6. The van der Waals surface area contributed by atoms with E-state index >= 15 is 0 Å². The molecule has 11 nitrogen and oxygen atoms in total. The maximum atomic E-state index is 12.6. The molecular weight excluding hydrogens is 496 g/mol. The van der Waals surface area contributed by atoms with Gasteiger partial charge in [-0.1, -0.05) is 49.4 Å². The number of ether oxygens (including phenoxy) is 2. The lowest BCUT2D eigenvalue weighted by Gasteiger charge is -2.46. The molecule has 11 heteroatoms. The first-order valence-electron chi connectivity index (χ1n) is 12.4. The van der Waals surface area contributed by atoms with E-state index in [1.165, 1.54) is 6.92 Å². The van der Waals surface area contributed by atoms with E-state index in [1.54, 1.807) is 31.2 Å². The van der Waals surface area contributed by atoms with Gasteiger partial charge in [0, 0.05) is 25.5 Å². The molecule has 0 unspecified atom stereocenters. The Morgan fingerprint density at radius 1 is 1.08 bits per heavy atom. The minimum atomic E-state index is -2.29. The Morgan fingerprint density at radius 2 is 1.71 bits per heavy atom. The van der Waals surface area contributed by atoms with Gasteiger partial charge in [0.05, 0.1) is 24.9 Å². The maximum Gasteiger partial charge on any atom is 0.364 e. The molecule has 1 saturated heterocycles. The lowest BCUT2D eigenvalue weighted by atomic mass is 9.88. The van der Waals surface area contributed by atoms with Crippen LogP contribution in [0.5, 0.6) is 0 Å². The van der Waals surface area contributed by atoms with Crippen molar-refractivity contribution in [3.05, 3.63) is 60.2 Å². The molecule has 2 amide bonds. The molecule has 1 fully saturated rings. The minimum absolute atomic E-state index is 0.00564. The summed E-state index contributed by atoms with van der Waals surface area (Å²) in [5.41, 5.74) is 2.23. The Hall–Kier alpha value is -3.35. The molecule has 2 aromatic carbocycles. The molecule has 6 atom stereocenters. The van der Waals surface area contributed by atoms with Crippen LogP contribution in [0.3, 0.4) is 0 Å². The quantitative estimate of drug-likeness (QED) is 0.244. The topological polar surface area (TPSA) is 175 Å². The Labute approximate surface area is 220 Å². The van der Waals surface area contributed by atoms with E-state index in [1.807, 2.05) is 30.3 Å². The third-order valence-electron chi connectivity index (χ3n) is 6.26. The Bertz CT molecular complexity index is 1100. The summed E-state index contributed by atoms with van der Waals surface area (Å²) in [4.78, 5) is 36.4. The standard InChI is InChI=1S/C27H34N2O9/c1-3-13-37-27(26(35)36)14-20(31)22(29-16(2)30)24(38-27)23(33)21(32)15-28-25(34)19-11-9-18(10-12-19)17-7-5-4-6-8-17/h4-12,20-24,31-33H,3,13-15H2,1-2H3,(H,28,34)(H,29,30)(H,35,36)/t20-,21+,22+,23+,24+,27+/m0/s1. The number of hydrogen-bond acceptors (Lipinski definition) is 8. The van der Waals surface area contributed by atoms with Crippen molar-refractivity contribution in [2.45, 2.75) is 62.9 Å². The van der Waals surface area contributed by atoms with Crippen molar-refractivity contribution in [3.8, 4) is 11.1 Å². The first-order valence-corrected chi connectivity index (χ1v) is 12.4. The summed E-state index contributed by atoms with van der Waals surface area (Å²) < 4.78 is 11.0. The van der Waals surface area contributed by atoms with Crippen LogP contribution < -0.4 is 10.6 Å². The Kier molecular flexibility index (Phi) is 9.95. The zero-order valence-corrected chi connectivity index (χ0v) is 21.2. The van der Waals surface area contributed by atoms with Crippen molar-refractivity contribution in [3.63, 3.8) is 0 Å². The largest absolute Gasteiger partial charge is 0.477 e. The van der Waals surface area contributed by atoms with E-state index < -0.39 is 67.0 Å². The predicted molar refractivity (Wildman–Crippen MR) is 136 cm³/mol. The molecule has 3 rings (SSSR count). The molecule has 6 N–H and O–H groups in total. The number of benzene rings is 2. The van der Waals surface area contributed by atoms with Crippen molar-refractivity contribution in [2.75, 3.05) is 13.2 Å². The predicted octanol–water partition coefficient (Wildman–Crippen LogP) is 0.667. The summed E-state index contributed by atoms with van der Waals surface area (Å²) in [6, 6.07) is 15.2. The van der Waals surface area contributed by atoms with Gasteiger partial charge in [0.2, 0.25) is 5.91 Å². The van der Waals surface area contributed by atoms with Crippen LogP contribution in [-0.4, -0.2) is 87.6 Å². The number of aliphatic carboxylic acids is 1. The highest BCUT2D eigenvalue weighted by molar-refractivity contribution is 5.94. The van der Waals surface area contributed by atoms with E-state index in [0.29, 0.717) is 12.0 Å². The highest BCUT2D eigenvalue weighted by atomic mass is 16.7. The molecule has 0 spiro atoms. The molecule has 206 valence electrons. The highest BCUT2D eigenvalue weighted by Crippen LogP contribution is 2.33. The van der Waals surface area contributed by atoms with Gasteiger partial charge in [-0.3, -0.25) is 9.59 Å². The van der Waals surface area contributed by atoms with E-state index in [4.69, 9.17) is 9.47 Å². The second kappa shape index (κ2) is 12.9. The molecule has 1 heterocycles. The molecule has 38 heavy (non-hydrogen) atoms. The van der Waals surface area contributed by atoms with Gasteiger partial charge in [0.1, 0.15) is 12.2 Å². The number of carbonyl (C=O) groups excluding carboxylic acids is 2. The number of rotatable bonds is 11. The molecule has 2 aromatic rings. The van der Waals surface area contributed by atoms with Gasteiger partial charge in [0.25, 0.3) is 11.7 Å². The first-order chi connectivity index (χ1) is 18.1. The number of aliphatic hydroxyl groups excluding tert-OH is 3. The normalized spacial score (nSPS) is 24.7. The van der Waals surface area contributed by atoms with Gasteiger partial charge >= 0.3 is 5.97 Å². The zero-order valence-electron chi connectivity index (χ0n) is 21.2. The number of amides is 2. The van der Waals surface area contributed by atoms with Crippen LogP contribution >= 0.6 is 0 Å². The first kappa shape index (κ1) is 29.2. The summed E-state index contributed by atoms with van der Waals surface area (Å²) in [5.74, 6) is -4.89. The van der Waals surface area contributed by atoms with E-state index in [0.717, 1.165) is 11.1 Å². The number of carboxylic acid groups (broad SMARTS) is 1. The van der Waals surface area contributed by atoms with Gasteiger partial charge in [-0.05, 0) is 29.7 Å². The van der Waals surface area contributed by atoms with E-state index in [9.17, 15) is 34.8 Å². The molecule has 1 aliphatic heterocycles. The van der Waals surface area contributed by atoms with Crippen LogP contribution in [0.25, 0.3) is 11.1 Å². The van der Waals surface area contributed by atoms with Crippen molar-refractivity contribution in [1.29, 1.82) is 0 Å². The average molecular weight is 531 g/mol. The summed E-state index contributed by atoms with van der Waals surface area (Å²) in [7, 11) is 0. The zero-order chi connectivity index (χ0) is 27.9. The van der Waals surface area contributed by atoms with Crippen molar-refractivity contribution < 1.29 is 44.3 Å².